The summed E-state index contributed by atoms with van der Waals surface area (Å²) < 4.78 is 6.25. The smallest absolute Gasteiger partial charge is 0.120 e. The van der Waals surface area contributed by atoms with Crippen molar-refractivity contribution in [3.05, 3.63) is 29.3 Å². The molecule has 0 spiro atoms. The number of hydrogen-bond donors (Lipinski definition) is 1. The van der Waals surface area contributed by atoms with E-state index >= 15 is 0 Å². The molecule has 0 heterocycles. The van der Waals surface area contributed by atoms with Crippen LogP contribution in [0.4, 0.5) is 0 Å². The number of benzene rings is 1. The first-order valence-corrected chi connectivity index (χ1v) is 8.51. The van der Waals surface area contributed by atoms with E-state index in [0.29, 0.717) is 0 Å². The zero-order valence-electron chi connectivity index (χ0n) is 14.2. The molecule has 21 heavy (non-hydrogen) atoms. The molecule has 1 aliphatic rings. The molecule has 0 bridgehead atoms. The fourth-order valence-electron chi connectivity index (χ4n) is 2.92. The maximum absolute atomic E-state index is 6.25. The Morgan fingerprint density at radius 1 is 1.14 bits per heavy atom. The lowest BCUT2D eigenvalue weighted by Gasteiger charge is -2.26. The van der Waals surface area contributed by atoms with E-state index in [2.05, 4.69) is 51.2 Å². The lowest BCUT2D eigenvalue weighted by Crippen LogP contribution is -2.42. The van der Waals surface area contributed by atoms with Gasteiger partial charge in [0.05, 0.1) is 0 Å². The van der Waals surface area contributed by atoms with Crippen molar-refractivity contribution in [2.75, 3.05) is 6.54 Å². The van der Waals surface area contributed by atoms with Gasteiger partial charge in [-0.3, -0.25) is 0 Å². The molecule has 1 aliphatic carbocycles. The molecule has 2 heteroatoms. The van der Waals surface area contributed by atoms with E-state index in [4.69, 9.17) is 4.74 Å². The summed E-state index contributed by atoms with van der Waals surface area (Å²) in [6, 6.07) is 6.70. The van der Waals surface area contributed by atoms with Crippen molar-refractivity contribution in [1.82, 2.24) is 5.32 Å². The zero-order valence-corrected chi connectivity index (χ0v) is 14.2. The van der Waals surface area contributed by atoms with E-state index in [-0.39, 0.29) is 11.6 Å². The summed E-state index contributed by atoms with van der Waals surface area (Å²) in [6.07, 6.45) is 7.62. The topological polar surface area (TPSA) is 21.3 Å². The van der Waals surface area contributed by atoms with Gasteiger partial charge in [0.2, 0.25) is 0 Å². The van der Waals surface area contributed by atoms with Crippen LogP contribution in [0.25, 0.3) is 0 Å². The Balaban J connectivity index is 1.99. The van der Waals surface area contributed by atoms with Gasteiger partial charge in [-0.05, 0) is 76.1 Å². The summed E-state index contributed by atoms with van der Waals surface area (Å²) in [5.74, 6) is 1.05. The minimum absolute atomic E-state index is 0.144. The quantitative estimate of drug-likeness (QED) is 0.832. The van der Waals surface area contributed by atoms with Crippen LogP contribution < -0.4 is 10.1 Å². The average molecular weight is 289 g/mol. The molecule has 1 N–H and O–H groups in total. The van der Waals surface area contributed by atoms with Crippen molar-refractivity contribution in [2.24, 2.45) is 0 Å². The standard InChI is InChI=1S/C19H31NO/c1-5-8-18(14-20-19(2,3)4)21-17-12-11-15-9-6-7-10-16(15)13-17/h11-13,18,20H,5-10,14H2,1-4H3. The molecule has 0 aliphatic heterocycles. The molecule has 1 atom stereocenters. The summed E-state index contributed by atoms with van der Waals surface area (Å²) in [7, 11) is 0. The van der Waals surface area contributed by atoms with Gasteiger partial charge in [-0.25, -0.2) is 0 Å². The van der Waals surface area contributed by atoms with Gasteiger partial charge in [0.25, 0.3) is 0 Å². The van der Waals surface area contributed by atoms with E-state index < -0.39 is 0 Å². The first-order valence-electron chi connectivity index (χ1n) is 8.51. The molecule has 1 aromatic rings. The van der Waals surface area contributed by atoms with Crippen LogP contribution in [0.5, 0.6) is 5.75 Å². The minimum atomic E-state index is 0.144. The lowest BCUT2D eigenvalue weighted by molar-refractivity contribution is 0.174. The number of aryl methyl sites for hydroxylation is 2. The fourth-order valence-corrected chi connectivity index (χ4v) is 2.92. The van der Waals surface area contributed by atoms with Crippen LogP contribution >= 0.6 is 0 Å². The normalized spacial score (nSPS) is 16.4. The van der Waals surface area contributed by atoms with Gasteiger partial charge in [-0.15, -0.1) is 0 Å². The Morgan fingerprint density at radius 3 is 2.52 bits per heavy atom. The molecule has 1 unspecified atom stereocenters. The van der Waals surface area contributed by atoms with E-state index in [0.717, 1.165) is 25.1 Å². The Morgan fingerprint density at radius 2 is 1.86 bits per heavy atom. The molecule has 0 aromatic heterocycles. The van der Waals surface area contributed by atoms with Crippen molar-refractivity contribution in [3.8, 4) is 5.75 Å². The number of hydrogen-bond acceptors (Lipinski definition) is 2. The second kappa shape index (κ2) is 7.31. The van der Waals surface area contributed by atoms with Crippen LogP contribution in [0, 0.1) is 0 Å². The van der Waals surface area contributed by atoms with Gasteiger partial charge in [-0.2, -0.15) is 0 Å². The van der Waals surface area contributed by atoms with E-state index in [1.807, 2.05) is 0 Å². The second-order valence-corrected chi connectivity index (χ2v) is 7.30. The highest BCUT2D eigenvalue weighted by atomic mass is 16.5. The average Bonchev–Trinajstić information content (AvgIpc) is 2.44. The zero-order chi connectivity index (χ0) is 15.3. The Kier molecular flexibility index (Phi) is 5.69. The number of nitrogens with one attached hydrogen (secondary N) is 1. The molecule has 0 fully saturated rings. The summed E-state index contributed by atoms with van der Waals surface area (Å²) >= 11 is 0. The predicted octanol–water partition coefficient (Wildman–Crippen LogP) is 4.50. The number of fused-ring (bicyclic) bond motifs is 1. The molecule has 2 rings (SSSR count). The molecular formula is C19H31NO. The molecule has 2 nitrogen and oxygen atoms in total. The van der Waals surface area contributed by atoms with E-state index in [9.17, 15) is 0 Å². The predicted molar refractivity (Wildman–Crippen MR) is 90.2 cm³/mol. The maximum Gasteiger partial charge on any atom is 0.120 e. The molecule has 0 saturated carbocycles. The monoisotopic (exact) mass is 289 g/mol. The van der Waals surface area contributed by atoms with Crippen LogP contribution in [0.15, 0.2) is 18.2 Å². The number of rotatable bonds is 6. The summed E-state index contributed by atoms with van der Waals surface area (Å²) in [5, 5.41) is 3.56. The third kappa shape index (κ3) is 5.35. The van der Waals surface area contributed by atoms with Crippen LogP contribution in [0.1, 0.15) is 64.5 Å². The van der Waals surface area contributed by atoms with Crippen LogP contribution in [0.3, 0.4) is 0 Å². The number of ether oxygens (including phenoxy) is 1. The van der Waals surface area contributed by atoms with Crippen molar-refractivity contribution >= 4 is 0 Å². The highest BCUT2D eigenvalue weighted by molar-refractivity contribution is 5.37. The first-order chi connectivity index (χ1) is 9.98. The fraction of sp³-hybridized carbons (Fsp3) is 0.684. The largest absolute Gasteiger partial charge is 0.489 e. The SMILES string of the molecule is CCCC(CNC(C)(C)C)Oc1ccc2c(c1)CCCC2. The Hall–Kier alpha value is -1.02. The van der Waals surface area contributed by atoms with Crippen LogP contribution in [0.2, 0.25) is 0 Å². The van der Waals surface area contributed by atoms with E-state index in [1.54, 1.807) is 0 Å². The molecule has 1 aromatic carbocycles. The highest BCUT2D eigenvalue weighted by Gasteiger charge is 2.16. The minimum Gasteiger partial charge on any atom is -0.489 e. The van der Waals surface area contributed by atoms with Gasteiger partial charge in [0.1, 0.15) is 11.9 Å². The third-order valence-electron chi connectivity index (χ3n) is 4.09. The molecule has 0 saturated heterocycles. The Labute approximate surface area is 130 Å². The molecule has 118 valence electrons. The molecule has 0 amide bonds. The third-order valence-corrected chi connectivity index (χ3v) is 4.09. The van der Waals surface area contributed by atoms with E-state index in [1.165, 1.54) is 36.8 Å². The van der Waals surface area contributed by atoms with Crippen molar-refractivity contribution in [3.63, 3.8) is 0 Å². The van der Waals surface area contributed by atoms with Gasteiger partial charge in [0.15, 0.2) is 0 Å². The van der Waals surface area contributed by atoms with Crippen LogP contribution in [-0.2, 0) is 12.8 Å². The molecular weight excluding hydrogens is 258 g/mol. The van der Waals surface area contributed by atoms with Crippen molar-refractivity contribution in [2.45, 2.75) is 77.9 Å². The first kappa shape index (κ1) is 16.4. The summed E-state index contributed by atoms with van der Waals surface area (Å²) in [5.41, 5.74) is 3.16. The maximum atomic E-state index is 6.25. The summed E-state index contributed by atoms with van der Waals surface area (Å²) in [4.78, 5) is 0. The van der Waals surface area contributed by atoms with Crippen molar-refractivity contribution in [1.29, 1.82) is 0 Å². The van der Waals surface area contributed by atoms with Gasteiger partial charge in [-0.1, -0.05) is 19.4 Å². The van der Waals surface area contributed by atoms with Gasteiger partial charge in [0, 0.05) is 12.1 Å². The lowest BCUT2D eigenvalue weighted by atomic mass is 9.92. The van der Waals surface area contributed by atoms with Crippen molar-refractivity contribution < 1.29 is 4.74 Å². The Bertz CT molecular complexity index is 447. The van der Waals surface area contributed by atoms with Gasteiger partial charge >= 0.3 is 0 Å². The second-order valence-electron chi connectivity index (χ2n) is 7.30. The highest BCUT2D eigenvalue weighted by Crippen LogP contribution is 2.26. The van der Waals surface area contributed by atoms with Gasteiger partial charge < -0.3 is 10.1 Å². The molecule has 0 radical (unpaired) electrons. The summed E-state index contributed by atoms with van der Waals surface area (Å²) in [6.45, 7) is 9.74. The van der Waals surface area contributed by atoms with Crippen LogP contribution in [-0.4, -0.2) is 18.2 Å².